The van der Waals surface area contributed by atoms with Crippen LogP contribution in [0.5, 0.6) is 0 Å². The molecular weight excluding hydrogens is 993 g/mol. The summed E-state index contributed by atoms with van der Waals surface area (Å²) in [4.78, 5) is 132. The molecule has 24 heteroatoms. The quantitative estimate of drug-likeness (QED) is 0.0290. The molecule has 2 unspecified atom stereocenters. The van der Waals surface area contributed by atoms with E-state index in [-0.39, 0.29) is 95.8 Å². The molecule has 2 atom stereocenters. The van der Waals surface area contributed by atoms with E-state index in [0.717, 1.165) is 0 Å². The number of aryl methyl sites for hydroxylation is 3. The summed E-state index contributed by atoms with van der Waals surface area (Å²) in [7, 11) is 0. The number of hydrogen-bond acceptors (Lipinski definition) is 18. The fraction of sp³-hybridized carbons (Fsp3) is 0.577. The molecule has 76 heavy (non-hydrogen) atoms. The summed E-state index contributed by atoms with van der Waals surface area (Å²) in [5, 5.41) is 14.1. The van der Waals surface area contributed by atoms with Crippen LogP contribution >= 0.6 is 0 Å². The number of carbonyl (C=O) groups excluding carboxylic acids is 9. The van der Waals surface area contributed by atoms with E-state index in [1.165, 1.54) is 29.8 Å². The molecular formula is C52H74N8O16. The third-order valence-electron chi connectivity index (χ3n) is 11.8. The van der Waals surface area contributed by atoms with E-state index in [0.29, 0.717) is 61.3 Å². The van der Waals surface area contributed by atoms with Crippen LogP contribution in [0.4, 0.5) is 21.2 Å². The number of carbonyl (C=O) groups is 9. The highest BCUT2D eigenvalue weighted by atomic mass is 16.6. The Hall–Kier alpha value is -7.66. The summed E-state index contributed by atoms with van der Waals surface area (Å²) >= 11 is 0. The highest BCUT2D eigenvalue weighted by molar-refractivity contribution is 5.93. The molecule has 0 aliphatic rings. The van der Waals surface area contributed by atoms with Gasteiger partial charge in [0.15, 0.2) is 0 Å². The first-order valence-corrected chi connectivity index (χ1v) is 25.2. The van der Waals surface area contributed by atoms with Crippen LogP contribution < -0.4 is 26.8 Å². The van der Waals surface area contributed by atoms with E-state index >= 15 is 0 Å². The van der Waals surface area contributed by atoms with Crippen molar-refractivity contribution in [3.05, 3.63) is 69.4 Å². The monoisotopic (exact) mass is 1070 g/mol. The zero-order valence-corrected chi connectivity index (χ0v) is 45.1. The molecule has 0 saturated heterocycles. The lowest BCUT2D eigenvalue weighted by atomic mass is 9.65. The maximum absolute atomic E-state index is 14.1. The molecule has 24 nitrogen and oxygen atoms in total. The van der Waals surface area contributed by atoms with Gasteiger partial charge < -0.3 is 44.4 Å². The SMILES string of the molecule is CCC(C)(CC(C)(CC(C)(C)C(=O)OCCCCOC(=O)CCNC(=O)Nc1nc(C)cc(=O)[nH]1)C(=O)OCCCCOC(=O)CNC(C)=O)C(=O)OCCCCOC(=O)c1ccc(NC(=O)n2nc(C)cc2C)cc1. The highest BCUT2D eigenvalue weighted by Gasteiger charge is 2.50. The minimum absolute atomic E-state index is 0.00303. The van der Waals surface area contributed by atoms with Gasteiger partial charge in [0.05, 0.1) is 73.6 Å². The first kappa shape index (κ1) is 62.6. The number of aromatic nitrogens is 4. The number of urea groups is 1. The summed E-state index contributed by atoms with van der Waals surface area (Å²) in [6.07, 6.45) is 2.07. The van der Waals surface area contributed by atoms with Crippen molar-refractivity contribution in [1.29, 1.82) is 0 Å². The van der Waals surface area contributed by atoms with Crippen molar-refractivity contribution in [1.82, 2.24) is 30.4 Å². The van der Waals surface area contributed by atoms with Gasteiger partial charge in [0.25, 0.3) is 5.56 Å². The average Bonchev–Trinajstić information content (AvgIpc) is 3.70. The van der Waals surface area contributed by atoms with Crippen LogP contribution in [0, 0.1) is 37.0 Å². The summed E-state index contributed by atoms with van der Waals surface area (Å²) in [6, 6.07) is 8.12. The molecule has 1 aromatic carbocycles. The van der Waals surface area contributed by atoms with Crippen LogP contribution in [0.1, 0.15) is 133 Å². The number of esters is 6. The maximum atomic E-state index is 14.1. The zero-order chi connectivity index (χ0) is 56.5. The second-order valence-corrected chi connectivity index (χ2v) is 19.4. The van der Waals surface area contributed by atoms with Gasteiger partial charge in [-0.3, -0.25) is 43.9 Å². The van der Waals surface area contributed by atoms with E-state index < -0.39 is 69.7 Å². The van der Waals surface area contributed by atoms with Crippen molar-refractivity contribution in [3.63, 3.8) is 0 Å². The Bertz CT molecular complexity index is 2540. The number of H-pyrrole nitrogens is 1. The summed E-state index contributed by atoms with van der Waals surface area (Å²) in [5.74, 6) is -4.04. The topological polar surface area (TPSA) is 321 Å². The Morgan fingerprint density at radius 2 is 1.17 bits per heavy atom. The van der Waals surface area contributed by atoms with Crippen molar-refractivity contribution >= 4 is 65.4 Å². The minimum atomic E-state index is -1.42. The van der Waals surface area contributed by atoms with Gasteiger partial charge in [-0.15, -0.1) is 0 Å². The van der Waals surface area contributed by atoms with Gasteiger partial charge >= 0.3 is 47.9 Å². The number of rotatable bonds is 31. The number of amides is 4. The molecule has 0 saturated carbocycles. The van der Waals surface area contributed by atoms with Gasteiger partial charge in [-0.1, -0.05) is 6.92 Å². The van der Waals surface area contributed by atoms with Gasteiger partial charge in [0.2, 0.25) is 11.9 Å². The number of nitrogens with one attached hydrogen (secondary N) is 5. The normalized spacial score (nSPS) is 12.6. The second-order valence-electron chi connectivity index (χ2n) is 19.4. The molecule has 0 fully saturated rings. The number of anilines is 2. The van der Waals surface area contributed by atoms with Crippen LogP contribution in [-0.2, 0) is 57.2 Å². The number of ether oxygens (including phenoxy) is 6. The molecule has 418 valence electrons. The Morgan fingerprint density at radius 3 is 1.71 bits per heavy atom. The zero-order valence-electron chi connectivity index (χ0n) is 45.1. The third-order valence-corrected chi connectivity index (χ3v) is 11.8. The lowest BCUT2D eigenvalue weighted by molar-refractivity contribution is -0.169. The average molecular weight is 1070 g/mol. The van der Waals surface area contributed by atoms with Gasteiger partial charge in [0.1, 0.15) is 6.54 Å². The molecule has 2 aromatic heterocycles. The van der Waals surface area contributed by atoms with Gasteiger partial charge in [0, 0.05) is 36.6 Å². The fourth-order valence-electron chi connectivity index (χ4n) is 7.82. The predicted molar refractivity (Wildman–Crippen MR) is 275 cm³/mol. The molecule has 5 N–H and O–H groups in total. The fourth-order valence-corrected chi connectivity index (χ4v) is 7.82. The van der Waals surface area contributed by atoms with Crippen LogP contribution in [0.15, 0.2) is 41.2 Å². The molecule has 2 heterocycles. The molecule has 3 rings (SSSR count). The summed E-state index contributed by atoms with van der Waals surface area (Å²) in [6.45, 7) is 14.4. The van der Waals surface area contributed by atoms with E-state index in [9.17, 15) is 47.9 Å². The van der Waals surface area contributed by atoms with E-state index in [1.807, 2.05) is 0 Å². The highest BCUT2D eigenvalue weighted by Crippen LogP contribution is 2.46. The number of aromatic amines is 1. The van der Waals surface area contributed by atoms with E-state index in [2.05, 4.69) is 36.3 Å². The molecule has 0 spiro atoms. The van der Waals surface area contributed by atoms with Crippen LogP contribution in [0.2, 0.25) is 0 Å². The first-order valence-electron chi connectivity index (χ1n) is 25.2. The molecule has 3 aromatic rings. The largest absolute Gasteiger partial charge is 0.466 e. The third kappa shape index (κ3) is 22.0. The van der Waals surface area contributed by atoms with E-state index in [4.69, 9.17) is 28.4 Å². The summed E-state index contributed by atoms with van der Waals surface area (Å²) < 4.78 is 34.1. The van der Waals surface area contributed by atoms with Gasteiger partial charge in [-0.25, -0.2) is 19.4 Å². The smallest absolute Gasteiger partial charge is 0.346 e. The number of hydrogen-bond donors (Lipinski definition) is 5. The van der Waals surface area contributed by atoms with E-state index in [1.54, 1.807) is 73.6 Å². The van der Waals surface area contributed by atoms with Crippen molar-refractivity contribution in [2.75, 3.05) is 63.4 Å². The number of benzene rings is 1. The van der Waals surface area contributed by atoms with Crippen molar-refractivity contribution in [2.45, 2.75) is 127 Å². The van der Waals surface area contributed by atoms with Crippen LogP contribution in [0.3, 0.4) is 0 Å². The Balaban J connectivity index is 1.50. The molecule has 0 aliphatic heterocycles. The van der Waals surface area contributed by atoms with Crippen molar-refractivity contribution in [2.24, 2.45) is 16.2 Å². The lowest BCUT2D eigenvalue weighted by Crippen LogP contribution is -2.44. The molecule has 0 radical (unpaired) electrons. The van der Waals surface area contributed by atoms with Gasteiger partial charge in [-0.05, 0) is 137 Å². The first-order chi connectivity index (χ1) is 35.9. The Kier molecular flexibility index (Phi) is 25.3. The number of unbranched alkanes of at least 4 members (excludes halogenated alkanes) is 3. The standard InChI is InChI=1S/C52H74N8O16/c1-10-51(8,45(67)75-27-16-13-25-73-43(65)38-17-19-39(20-18-38)56-49(70)60-36(4)29-35(3)59-60)33-52(9,46(68)76-28-15-12-24-72-42(64)31-54-37(5)61)32-50(6,7)44(66)74-26-14-11-23-71-41(63)21-22-53-48(69)58-47-55-34(2)30-40(62)57-47/h17-20,29-30H,10-16,21-28,31-33H2,1-9H3,(H,54,61)(H,56,70)(H3,53,55,57,58,62,69). The number of nitrogens with zero attached hydrogens (tertiary/aromatic N) is 3. The maximum Gasteiger partial charge on any atom is 0.346 e. The minimum Gasteiger partial charge on any atom is -0.466 e. The predicted octanol–water partition coefficient (Wildman–Crippen LogP) is 5.76. The molecule has 0 bridgehead atoms. The lowest BCUT2D eigenvalue weighted by Gasteiger charge is -2.39. The Morgan fingerprint density at radius 1 is 0.632 bits per heavy atom. The molecule has 4 amide bonds. The van der Waals surface area contributed by atoms with Crippen molar-refractivity contribution < 1.29 is 71.6 Å². The van der Waals surface area contributed by atoms with Gasteiger partial charge in [-0.2, -0.15) is 9.78 Å². The Labute approximate surface area is 441 Å². The molecule has 0 aliphatic carbocycles. The second kappa shape index (κ2) is 30.6. The summed E-state index contributed by atoms with van der Waals surface area (Å²) in [5.41, 5.74) is -1.82. The van der Waals surface area contributed by atoms with Crippen LogP contribution in [-0.4, -0.2) is 126 Å². The van der Waals surface area contributed by atoms with Crippen LogP contribution in [0.25, 0.3) is 0 Å². The van der Waals surface area contributed by atoms with Crippen molar-refractivity contribution in [3.8, 4) is 0 Å².